The molecule has 4 aromatic rings. The van der Waals surface area contributed by atoms with Gasteiger partial charge < -0.3 is 19.3 Å². The molecular weight excluding hydrogens is 523 g/mol. The van der Waals surface area contributed by atoms with E-state index in [0.717, 1.165) is 28.0 Å². The summed E-state index contributed by atoms with van der Waals surface area (Å²) in [4.78, 5) is 34.8. The molecule has 0 aliphatic heterocycles. The molecule has 0 fully saturated rings. The number of aryl methyl sites for hydroxylation is 2. The topological polar surface area (TPSA) is 123 Å². The van der Waals surface area contributed by atoms with Gasteiger partial charge in [0, 0.05) is 38.2 Å². The maximum Gasteiger partial charge on any atom is 0.573 e. The Morgan fingerprint density at radius 3 is 2.46 bits per heavy atom. The molecule has 39 heavy (non-hydrogen) atoms. The van der Waals surface area contributed by atoms with Crippen LogP contribution in [0.4, 0.5) is 13.2 Å². The first kappa shape index (κ1) is 27.7. The zero-order chi connectivity index (χ0) is 28.2. The van der Waals surface area contributed by atoms with Crippen LogP contribution in [0, 0.1) is 6.92 Å². The number of nitrogens with zero attached hydrogens (tertiary/aromatic N) is 5. The highest BCUT2D eigenvalue weighted by Crippen LogP contribution is 2.26. The minimum atomic E-state index is -4.83. The summed E-state index contributed by atoms with van der Waals surface area (Å²) in [6, 6.07) is 8.75. The second kappa shape index (κ2) is 11.6. The van der Waals surface area contributed by atoms with Crippen molar-refractivity contribution in [2.24, 2.45) is 7.05 Å². The number of ether oxygens (including phenoxy) is 3. The van der Waals surface area contributed by atoms with Gasteiger partial charge in [-0.2, -0.15) is 4.98 Å². The van der Waals surface area contributed by atoms with Crippen molar-refractivity contribution in [3.63, 3.8) is 0 Å². The summed E-state index contributed by atoms with van der Waals surface area (Å²) < 4.78 is 56.4. The first-order chi connectivity index (χ1) is 18.6. The summed E-state index contributed by atoms with van der Waals surface area (Å²) in [5.74, 6) is -0.290. The molecule has 0 spiro atoms. The fraction of sp³-hybridized carbons (Fsp3) is 0.360. The molecule has 1 N–H and O–H groups in total. The van der Waals surface area contributed by atoms with Crippen molar-refractivity contribution in [1.82, 2.24) is 23.7 Å². The molecule has 0 bridgehead atoms. The third kappa shape index (κ3) is 6.57. The number of rotatable bonds is 11. The molecule has 0 saturated heterocycles. The molecular formula is C25H26F3N5O6. The van der Waals surface area contributed by atoms with Crippen molar-refractivity contribution in [3.05, 3.63) is 74.7 Å². The monoisotopic (exact) mass is 549 g/mol. The van der Waals surface area contributed by atoms with Gasteiger partial charge in [-0.05, 0) is 37.1 Å². The minimum absolute atomic E-state index is 0.0242. The van der Waals surface area contributed by atoms with Gasteiger partial charge in [0.1, 0.15) is 24.7 Å². The number of hydrogen-bond acceptors (Lipinski definition) is 8. The Balaban J connectivity index is 1.61. The van der Waals surface area contributed by atoms with E-state index in [2.05, 4.69) is 14.7 Å². The number of pyridine rings is 1. The molecule has 0 radical (unpaired) electrons. The molecule has 208 valence electrons. The molecule has 3 heterocycles. The number of halogens is 3. The van der Waals surface area contributed by atoms with Crippen LogP contribution in [0.15, 0.2) is 52.2 Å². The number of aliphatic hydroxyl groups excluding tert-OH is 1. The zero-order valence-electron chi connectivity index (χ0n) is 21.1. The van der Waals surface area contributed by atoms with Crippen molar-refractivity contribution >= 4 is 11.2 Å². The molecule has 0 aliphatic rings. The molecule has 14 heteroatoms. The van der Waals surface area contributed by atoms with Crippen molar-refractivity contribution in [2.75, 3.05) is 19.8 Å². The van der Waals surface area contributed by atoms with E-state index in [1.165, 1.54) is 28.3 Å². The number of alkyl halides is 3. The molecule has 1 aromatic carbocycles. The Labute approximate surface area is 219 Å². The highest BCUT2D eigenvalue weighted by Gasteiger charge is 2.31. The lowest BCUT2D eigenvalue weighted by molar-refractivity contribution is -0.274. The summed E-state index contributed by atoms with van der Waals surface area (Å²) >= 11 is 0. The van der Waals surface area contributed by atoms with Crippen LogP contribution in [0.5, 0.6) is 17.5 Å². The smallest absolute Gasteiger partial charge is 0.490 e. The number of aromatic nitrogens is 5. The number of fused-ring (bicyclic) bond motifs is 1. The zero-order valence-corrected chi connectivity index (χ0v) is 21.1. The Morgan fingerprint density at radius 2 is 1.77 bits per heavy atom. The molecule has 4 rings (SSSR count). The average Bonchev–Trinajstić information content (AvgIpc) is 3.24. The van der Waals surface area contributed by atoms with E-state index in [4.69, 9.17) is 9.47 Å². The first-order valence-electron chi connectivity index (χ1n) is 11.9. The van der Waals surface area contributed by atoms with E-state index in [9.17, 15) is 27.9 Å². The van der Waals surface area contributed by atoms with Crippen LogP contribution < -0.4 is 25.5 Å². The van der Waals surface area contributed by atoms with Gasteiger partial charge in [0.2, 0.25) is 0 Å². The van der Waals surface area contributed by atoms with Crippen molar-refractivity contribution in [3.8, 4) is 17.5 Å². The van der Waals surface area contributed by atoms with Crippen LogP contribution in [0.1, 0.15) is 17.7 Å². The fourth-order valence-corrected chi connectivity index (χ4v) is 3.86. The molecule has 0 saturated carbocycles. The van der Waals surface area contributed by atoms with E-state index >= 15 is 0 Å². The SMILES string of the molecule is Cc1ccc(Cn2c(OCCOc3cccc(OC(F)(F)F)c3)nc3c2c(=O)n(CCCO)c(=O)n3C)cn1. The van der Waals surface area contributed by atoms with Gasteiger partial charge in [-0.15, -0.1) is 13.2 Å². The van der Waals surface area contributed by atoms with Crippen LogP contribution in [-0.2, 0) is 20.1 Å². The number of imidazole rings is 1. The summed E-state index contributed by atoms with van der Waals surface area (Å²) in [7, 11) is 1.48. The van der Waals surface area contributed by atoms with Crippen LogP contribution in [0.3, 0.4) is 0 Å². The van der Waals surface area contributed by atoms with E-state index in [1.54, 1.807) is 6.20 Å². The van der Waals surface area contributed by atoms with E-state index in [-0.39, 0.29) is 62.3 Å². The molecule has 3 aromatic heterocycles. The molecule has 11 nitrogen and oxygen atoms in total. The highest BCUT2D eigenvalue weighted by atomic mass is 19.4. The average molecular weight is 550 g/mol. The standard InChI is InChI=1S/C25H26F3N5O6/c1-16-7-8-17(14-29-16)15-33-20-21(31(2)24(36)32(22(20)35)9-4-10-34)30-23(33)38-12-11-37-18-5-3-6-19(13-18)39-25(26,27)28/h3,5-8,13-14,34H,4,9-12,15H2,1-2H3. The third-order valence-corrected chi connectivity index (χ3v) is 5.67. The second-order valence-electron chi connectivity index (χ2n) is 8.56. The van der Waals surface area contributed by atoms with Crippen LogP contribution in [-0.4, -0.2) is 55.0 Å². The van der Waals surface area contributed by atoms with E-state index in [1.807, 2.05) is 19.1 Å². The Kier molecular flexibility index (Phi) is 8.24. The Bertz CT molecular complexity index is 1560. The number of hydrogen-bond donors (Lipinski definition) is 1. The summed E-state index contributed by atoms with van der Waals surface area (Å²) in [5.41, 5.74) is 0.626. The van der Waals surface area contributed by atoms with Gasteiger partial charge in [0.05, 0.1) is 6.54 Å². The van der Waals surface area contributed by atoms with E-state index < -0.39 is 23.4 Å². The predicted octanol–water partition coefficient (Wildman–Crippen LogP) is 2.39. The fourth-order valence-electron chi connectivity index (χ4n) is 3.86. The van der Waals surface area contributed by atoms with Crippen LogP contribution in [0.2, 0.25) is 0 Å². The lowest BCUT2D eigenvalue weighted by atomic mass is 10.2. The lowest BCUT2D eigenvalue weighted by Gasteiger charge is -2.12. The van der Waals surface area contributed by atoms with Crippen LogP contribution in [0.25, 0.3) is 11.2 Å². The lowest BCUT2D eigenvalue weighted by Crippen LogP contribution is -2.39. The van der Waals surface area contributed by atoms with Gasteiger partial charge in [0.25, 0.3) is 11.6 Å². The number of benzene rings is 1. The summed E-state index contributed by atoms with van der Waals surface area (Å²) in [5, 5.41) is 9.20. The minimum Gasteiger partial charge on any atom is -0.490 e. The molecule has 0 atom stereocenters. The predicted molar refractivity (Wildman–Crippen MR) is 133 cm³/mol. The van der Waals surface area contributed by atoms with Crippen molar-refractivity contribution < 1.29 is 32.5 Å². The van der Waals surface area contributed by atoms with Gasteiger partial charge >= 0.3 is 12.1 Å². The van der Waals surface area contributed by atoms with Gasteiger partial charge in [-0.25, -0.2) is 4.79 Å². The van der Waals surface area contributed by atoms with Crippen molar-refractivity contribution in [1.29, 1.82) is 0 Å². The normalized spacial score (nSPS) is 11.6. The molecule has 0 amide bonds. The Hall–Kier alpha value is -4.33. The van der Waals surface area contributed by atoms with Crippen LogP contribution >= 0.6 is 0 Å². The summed E-state index contributed by atoms with van der Waals surface area (Å²) in [6.07, 6.45) is -2.96. The maximum absolute atomic E-state index is 13.4. The van der Waals surface area contributed by atoms with Crippen molar-refractivity contribution in [2.45, 2.75) is 32.8 Å². The Morgan fingerprint density at radius 1 is 1.03 bits per heavy atom. The maximum atomic E-state index is 13.4. The summed E-state index contributed by atoms with van der Waals surface area (Å²) in [6.45, 7) is 1.69. The largest absolute Gasteiger partial charge is 0.573 e. The van der Waals surface area contributed by atoms with Gasteiger partial charge in [0.15, 0.2) is 11.2 Å². The third-order valence-electron chi connectivity index (χ3n) is 5.67. The molecule has 0 aliphatic carbocycles. The van der Waals surface area contributed by atoms with E-state index in [0.29, 0.717) is 0 Å². The highest BCUT2D eigenvalue weighted by molar-refractivity contribution is 5.72. The number of aliphatic hydroxyl groups is 1. The quantitative estimate of drug-likeness (QED) is 0.283. The van der Waals surface area contributed by atoms with Gasteiger partial charge in [-0.1, -0.05) is 12.1 Å². The van der Waals surface area contributed by atoms with Gasteiger partial charge in [-0.3, -0.25) is 23.5 Å². The second-order valence-corrected chi connectivity index (χ2v) is 8.56. The molecule has 0 unspecified atom stereocenters. The first-order valence-corrected chi connectivity index (χ1v) is 11.9.